The quantitative estimate of drug-likeness (QED) is 0.769. The highest BCUT2D eigenvalue weighted by Crippen LogP contribution is 2.11. The van der Waals surface area contributed by atoms with Gasteiger partial charge in [0.25, 0.3) is 0 Å². The zero-order chi connectivity index (χ0) is 19.1. The number of aliphatic hydroxyl groups is 1. The van der Waals surface area contributed by atoms with E-state index >= 15 is 0 Å². The summed E-state index contributed by atoms with van der Waals surface area (Å²) in [6.07, 6.45) is -0.597. The van der Waals surface area contributed by atoms with Crippen molar-refractivity contribution in [3.05, 3.63) is 71.3 Å². The zero-order valence-corrected chi connectivity index (χ0v) is 15.4. The van der Waals surface area contributed by atoms with E-state index in [4.69, 9.17) is 4.74 Å². The van der Waals surface area contributed by atoms with E-state index in [-0.39, 0.29) is 24.8 Å². The van der Waals surface area contributed by atoms with E-state index in [2.05, 4.69) is 9.80 Å². The molecular formula is C21H26F2N2O2. The van der Waals surface area contributed by atoms with Crippen molar-refractivity contribution in [1.29, 1.82) is 0 Å². The van der Waals surface area contributed by atoms with Crippen molar-refractivity contribution in [2.24, 2.45) is 0 Å². The first-order chi connectivity index (χ1) is 13.1. The molecule has 0 aliphatic carbocycles. The lowest BCUT2D eigenvalue weighted by Crippen LogP contribution is -2.48. The summed E-state index contributed by atoms with van der Waals surface area (Å²) in [5, 5.41) is 10.2. The minimum atomic E-state index is -0.597. The Bertz CT molecular complexity index is 704. The van der Waals surface area contributed by atoms with Crippen LogP contribution in [0.25, 0.3) is 0 Å². The predicted molar refractivity (Wildman–Crippen MR) is 100 cm³/mol. The molecule has 2 aromatic rings. The second kappa shape index (κ2) is 9.90. The van der Waals surface area contributed by atoms with Gasteiger partial charge in [-0.05, 0) is 23.8 Å². The Hall–Kier alpha value is -1.86. The summed E-state index contributed by atoms with van der Waals surface area (Å²) in [5.74, 6) is -0.501. The molecule has 2 aromatic carbocycles. The number of hydrogen-bond donors (Lipinski definition) is 1. The number of ether oxygens (including phenoxy) is 1. The number of halogens is 2. The molecule has 0 amide bonds. The monoisotopic (exact) mass is 376 g/mol. The number of aliphatic hydroxyl groups excluding tert-OH is 1. The normalized spacial score (nSPS) is 17.1. The number of β-amino-alcohol motifs (C(OH)–C–C–N with tert-alkyl or cyclic N) is 1. The minimum Gasteiger partial charge on any atom is -0.389 e. The van der Waals surface area contributed by atoms with Gasteiger partial charge in [0.05, 0.1) is 19.3 Å². The fraction of sp³-hybridized carbons (Fsp3) is 0.429. The van der Waals surface area contributed by atoms with Crippen molar-refractivity contribution < 1.29 is 18.6 Å². The molecular weight excluding hydrogens is 350 g/mol. The molecule has 1 aliphatic rings. The summed E-state index contributed by atoms with van der Waals surface area (Å²) in [4.78, 5) is 4.53. The van der Waals surface area contributed by atoms with Gasteiger partial charge in [0.1, 0.15) is 11.6 Å². The third kappa shape index (κ3) is 6.36. The van der Waals surface area contributed by atoms with Crippen LogP contribution in [0.15, 0.2) is 48.5 Å². The maximum absolute atomic E-state index is 13.5. The van der Waals surface area contributed by atoms with Crippen LogP contribution in [0.4, 0.5) is 8.78 Å². The van der Waals surface area contributed by atoms with Crippen molar-refractivity contribution in [2.75, 3.05) is 39.3 Å². The van der Waals surface area contributed by atoms with Crippen LogP contribution < -0.4 is 0 Å². The minimum absolute atomic E-state index is 0.162. The molecule has 6 heteroatoms. The lowest BCUT2D eigenvalue weighted by molar-refractivity contribution is 0.000254. The fourth-order valence-electron chi connectivity index (χ4n) is 3.25. The van der Waals surface area contributed by atoms with Gasteiger partial charge in [0.2, 0.25) is 0 Å². The fourth-order valence-corrected chi connectivity index (χ4v) is 3.25. The summed E-state index contributed by atoms with van der Waals surface area (Å²) in [7, 11) is 0. The first kappa shape index (κ1) is 19.9. The van der Waals surface area contributed by atoms with Gasteiger partial charge in [0, 0.05) is 44.8 Å². The largest absolute Gasteiger partial charge is 0.389 e. The van der Waals surface area contributed by atoms with E-state index in [1.807, 2.05) is 12.1 Å². The molecule has 0 radical (unpaired) electrons. The number of rotatable bonds is 8. The van der Waals surface area contributed by atoms with Crippen molar-refractivity contribution in [3.63, 3.8) is 0 Å². The van der Waals surface area contributed by atoms with Crippen LogP contribution in [-0.4, -0.2) is 60.3 Å². The number of benzene rings is 2. The van der Waals surface area contributed by atoms with E-state index in [0.717, 1.165) is 38.3 Å². The molecule has 0 aromatic heterocycles. The van der Waals surface area contributed by atoms with Crippen LogP contribution in [0, 0.1) is 11.6 Å². The first-order valence-electron chi connectivity index (χ1n) is 9.28. The molecule has 146 valence electrons. The number of piperazine rings is 1. The first-order valence-corrected chi connectivity index (χ1v) is 9.28. The van der Waals surface area contributed by atoms with Crippen LogP contribution in [0.1, 0.15) is 11.1 Å². The third-order valence-corrected chi connectivity index (χ3v) is 4.78. The lowest BCUT2D eigenvalue weighted by atomic mass is 10.2. The van der Waals surface area contributed by atoms with Crippen LogP contribution in [0.2, 0.25) is 0 Å². The highest BCUT2D eigenvalue weighted by atomic mass is 19.1. The SMILES string of the molecule is OC(COCc1ccccc1F)CN1CCN(Cc2ccc(F)cc2)CC1. The Morgan fingerprint density at radius 2 is 1.59 bits per heavy atom. The average Bonchev–Trinajstić information content (AvgIpc) is 2.67. The third-order valence-electron chi connectivity index (χ3n) is 4.78. The molecule has 1 heterocycles. The number of hydrogen-bond acceptors (Lipinski definition) is 4. The van der Waals surface area contributed by atoms with Crippen molar-refractivity contribution in [3.8, 4) is 0 Å². The maximum Gasteiger partial charge on any atom is 0.128 e. The Balaban J connectivity index is 1.33. The molecule has 1 saturated heterocycles. The molecule has 0 spiro atoms. The Labute approximate surface area is 159 Å². The molecule has 27 heavy (non-hydrogen) atoms. The van der Waals surface area contributed by atoms with Gasteiger partial charge >= 0.3 is 0 Å². The van der Waals surface area contributed by atoms with E-state index in [1.54, 1.807) is 18.2 Å². The molecule has 1 fully saturated rings. The topological polar surface area (TPSA) is 35.9 Å². The molecule has 4 nitrogen and oxygen atoms in total. The van der Waals surface area contributed by atoms with Crippen LogP contribution in [0.3, 0.4) is 0 Å². The van der Waals surface area contributed by atoms with Gasteiger partial charge in [0.15, 0.2) is 0 Å². The van der Waals surface area contributed by atoms with Crippen molar-refractivity contribution in [1.82, 2.24) is 9.80 Å². The molecule has 1 N–H and O–H groups in total. The average molecular weight is 376 g/mol. The van der Waals surface area contributed by atoms with E-state index in [9.17, 15) is 13.9 Å². The van der Waals surface area contributed by atoms with Gasteiger partial charge in [-0.2, -0.15) is 0 Å². The lowest BCUT2D eigenvalue weighted by Gasteiger charge is -2.35. The molecule has 3 rings (SSSR count). The second-order valence-corrected chi connectivity index (χ2v) is 6.96. The smallest absolute Gasteiger partial charge is 0.128 e. The summed E-state index contributed by atoms with van der Waals surface area (Å²) in [6, 6.07) is 13.1. The number of nitrogens with zero attached hydrogens (tertiary/aromatic N) is 2. The van der Waals surface area contributed by atoms with Crippen molar-refractivity contribution in [2.45, 2.75) is 19.3 Å². The summed E-state index contributed by atoms with van der Waals surface area (Å²) < 4.78 is 32.0. The van der Waals surface area contributed by atoms with Crippen LogP contribution >= 0.6 is 0 Å². The molecule has 1 aliphatic heterocycles. The Morgan fingerprint density at radius 1 is 0.926 bits per heavy atom. The van der Waals surface area contributed by atoms with E-state index in [1.165, 1.54) is 18.2 Å². The second-order valence-electron chi connectivity index (χ2n) is 6.96. The van der Waals surface area contributed by atoms with Gasteiger partial charge in [-0.25, -0.2) is 8.78 Å². The Morgan fingerprint density at radius 3 is 2.30 bits per heavy atom. The van der Waals surface area contributed by atoms with E-state index < -0.39 is 6.10 Å². The summed E-state index contributed by atoms with van der Waals surface area (Å²) >= 11 is 0. The van der Waals surface area contributed by atoms with Crippen LogP contribution in [0.5, 0.6) is 0 Å². The summed E-state index contributed by atoms with van der Waals surface area (Å²) in [6.45, 7) is 5.24. The van der Waals surface area contributed by atoms with Crippen molar-refractivity contribution >= 4 is 0 Å². The van der Waals surface area contributed by atoms with Crippen LogP contribution in [-0.2, 0) is 17.9 Å². The van der Waals surface area contributed by atoms with Gasteiger partial charge in [-0.1, -0.05) is 30.3 Å². The standard InChI is InChI=1S/C21H26F2N2O2/c22-19-7-5-17(6-8-19)13-24-9-11-25(12-10-24)14-20(26)16-27-15-18-3-1-2-4-21(18)23/h1-8,20,26H,9-16H2. The zero-order valence-electron chi connectivity index (χ0n) is 15.4. The summed E-state index contributed by atoms with van der Waals surface area (Å²) in [5.41, 5.74) is 1.60. The molecule has 1 atom stereocenters. The maximum atomic E-state index is 13.5. The molecule has 1 unspecified atom stereocenters. The highest BCUT2D eigenvalue weighted by molar-refractivity contribution is 5.16. The van der Waals surface area contributed by atoms with Gasteiger partial charge < -0.3 is 9.84 Å². The highest BCUT2D eigenvalue weighted by Gasteiger charge is 2.19. The predicted octanol–water partition coefficient (Wildman–Crippen LogP) is 2.66. The van der Waals surface area contributed by atoms with E-state index in [0.29, 0.717) is 12.1 Å². The van der Waals surface area contributed by atoms with Gasteiger partial charge in [-0.15, -0.1) is 0 Å². The molecule has 0 bridgehead atoms. The Kier molecular flexibility index (Phi) is 7.29. The molecule has 0 saturated carbocycles. The van der Waals surface area contributed by atoms with Gasteiger partial charge in [-0.3, -0.25) is 9.80 Å².